The molecule has 0 saturated carbocycles. The smallest absolute Gasteiger partial charge is 0.181 e. The van der Waals surface area contributed by atoms with E-state index in [1.54, 1.807) is 25.1 Å². The van der Waals surface area contributed by atoms with Crippen LogP contribution in [0, 0.1) is 17.2 Å². The number of ketones is 1. The number of nitriles is 1. The van der Waals surface area contributed by atoms with Crippen molar-refractivity contribution in [1.82, 2.24) is 0 Å². The lowest BCUT2D eigenvalue weighted by Gasteiger charge is -2.08. The number of ether oxygens (including phenoxy) is 1. The van der Waals surface area contributed by atoms with E-state index in [0.29, 0.717) is 22.8 Å². The van der Waals surface area contributed by atoms with E-state index in [-0.39, 0.29) is 5.78 Å². The Balaban J connectivity index is 3.06. The van der Waals surface area contributed by atoms with Gasteiger partial charge in [0, 0.05) is 5.56 Å². The van der Waals surface area contributed by atoms with E-state index in [9.17, 15) is 4.79 Å². The van der Waals surface area contributed by atoms with Crippen LogP contribution in [0.2, 0.25) is 5.02 Å². The number of benzene rings is 1. The minimum absolute atomic E-state index is 0.238. The summed E-state index contributed by atoms with van der Waals surface area (Å²) in [4.78, 5) is 11.9. The summed E-state index contributed by atoms with van der Waals surface area (Å²) < 4.78 is 4.98. The van der Waals surface area contributed by atoms with Crippen LogP contribution in [-0.2, 0) is 0 Å². The summed E-state index contributed by atoms with van der Waals surface area (Å²) in [6.45, 7) is 1.79. The van der Waals surface area contributed by atoms with Crippen LogP contribution >= 0.6 is 11.6 Å². The van der Waals surface area contributed by atoms with Gasteiger partial charge in [-0.1, -0.05) is 18.5 Å². The number of carbonyl (C=O) groups excluding carboxylic acids is 1. The Labute approximate surface area is 99.6 Å². The minimum Gasteiger partial charge on any atom is -0.497 e. The Morgan fingerprint density at radius 2 is 2.31 bits per heavy atom. The molecule has 84 valence electrons. The van der Waals surface area contributed by atoms with Gasteiger partial charge in [0.25, 0.3) is 0 Å². The first-order chi connectivity index (χ1) is 7.63. The van der Waals surface area contributed by atoms with Gasteiger partial charge in [-0.15, -0.1) is 0 Å². The number of rotatable bonds is 4. The molecule has 1 aromatic carbocycles. The summed E-state index contributed by atoms with van der Waals surface area (Å²) in [7, 11) is 1.53. The minimum atomic E-state index is -0.633. The highest BCUT2D eigenvalue weighted by Crippen LogP contribution is 2.25. The lowest BCUT2D eigenvalue weighted by atomic mass is 9.96. The Hall–Kier alpha value is -1.53. The van der Waals surface area contributed by atoms with Gasteiger partial charge < -0.3 is 4.74 Å². The van der Waals surface area contributed by atoms with Crippen LogP contribution in [-0.4, -0.2) is 12.9 Å². The number of hydrogen-bond acceptors (Lipinski definition) is 3. The lowest BCUT2D eigenvalue weighted by molar-refractivity contribution is 0.0947. The van der Waals surface area contributed by atoms with Gasteiger partial charge in [0.2, 0.25) is 0 Å². The topological polar surface area (TPSA) is 50.1 Å². The molecule has 0 heterocycles. The fourth-order valence-electron chi connectivity index (χ4n) is 1.35. The Bertz CT molecular complexity index is 437. The van der Waals surface area contributed by atoms with Crippen molar-refractivity contribution in [3.8, 4) is 11.8 Å². The van der Waals surface area contributed by atoms with Gasteiger partial charge in [-0.2, -0.15) is 5.26 Å². The van der Waals surface area contributed by atoms with E-state index < -0.39 is 5.92 Å². The fourth-order valence-corrected chi connectivity index (χ4v) is 1.61. The zero-order valence-corrected chi connectivity index (χ0v) is 9.91. The molecule has 4 heteroatoms. The molecule has 0 aliphatic carbocycles. The molecular formula is C12H12ClNO2. The van der Waals surface area contributed by atoms with Crippen LogP contribution < -0.4 is 4.74 Å². The van der Waals surface area contributed by atoms with Crippen molar-refractivity contribution >= 4 is 17.4 Å². The average Bonchev–Trinajstić information content (AvgIpc) is 2.30. The number of halogens is 1. The molecule has 1 atom stereocenters. The molecule has 1 aromatic rings. The van der Waals surface area contributed by atoms with E-state index in [2.05, 4.69) is 0 Å². The molecule has 0 radical (unpaired) electrons. The Morgan fingerprint density at radius 3 is 2.75 bits per heavy atom. The third-order valence-electron chi connectivity index (χ3n) is 2.32. The van der Waals surface area contributed by atoms with Crippen LogP contribution in [0.15, 0.2) is 18.2 Å². The van der Waals surface area contributed by atoms with Gasteiger partial charge in [0.15, 0.2) is 5.78 Å². The first-order valence-electron chi connectivity index (χ1n) is 4.91. The molecule has 0 fully saturated rings. The van der Waals surface area contributed by atoms with Gasteiger partial charge in [-0.3, -0.25) is 4.79 Å². The lowest BCUT2D eigenvalue weighted by Crippen LogP contribution is -2.12. The summed E-state index contributed by atoms with van der Waals surface area (Å²) in [6, 6.07) is 6.78. The van der Waals surface area contributed by atoms with Crippen LogP contribution in [0.5, 0.6) is 5.75 Å². The second-order valence-electron chi connectivity index (χ2n) is 3.30. The molecule has 16 heavy (non-hydrogen) atoms. The van der Waals surface area contributed by atoms with Crippen molar-refractivity contribution in [2.75, 3.05) is 7.11 Å². The number of hydrogen-bond donors (Lipinski definition) is 0. The Kier molecular flexibility index (Phi) is 4.33. The maximum absolute atomic E-state index is 11.9. The van der Waals surface area contributed by atoms with E-state index in [0.717, 1.165) is 0 Å². The summed E-state index contributed by atoms with van der Waals surface area (Å²) in [5, 5.41) is 9.13. The van der Waals surface area contributed by atoms with E-state index in [1.165, 1.54) is 7.11 Å². The molecule has 3 nitrogen and oxygen atoms in total. The van der Waals surface area contributed by atoms with Crippen molar-refractivity contribution in [2.24, 2.45) is 5.92 Å². The number of nitrogens with zero attached hydrogens (tertiary/aromatic N) is 1. The quantitative estimate of drug-likeness (QED) is 0.756. The molecule has 0 bridgehead atoms. The molecule has 1 rings (SSSR count). The number of carbonyl (C=O) groups is 1. The molecule has 0 aliphatic heterocycles. The SMILES string of the molecule is CCC(C#N)C(=O)c1ccc(OC)cc1Cl. The molecule has 0 N–H and O–H groups in total. The first kappa shape index (κ1) is 12.5. The molecule has 0 amide bonds. The maximum Gasteiger partial charge on any atom is 0.181 e. The third kappa shape index (κ3) is 2.53. The van der Waals surface area contributed by atoms with Crippen LogP contribution in [0.3, 0.4) is 0 Å². The standard InChI is InChI=1S/C12H12ClNO2/c1-3-8(7-14)12(15)10-5-4-9(16-2)6-11(10)13/h4-6,8H,3H2,1-2H3. The van der Waals surface area contributed by atoms with E-state index in [4.69, 9.17) is 21.6 Å². The van der Waals surface area contributed by atoms with Crippen LogP contribution in [0.25, 0.3) is 0 Å². The van der Waals surface area contributed by atoms with Gasteiger partial charge in [-0.25, -0.2) is 0 Å². The molecule has 0 spiro atoms. The number of Topliss-reactive ketones (excluding diaryl/α,β-unsaturated/α-hetero) is 1. The maximum atomic E-state index is 11.9. The van der Waals surface area contributed by atoms with Gasteiger partial charge in [0.05, 0.1) is 18.2 Å². The molecular weight excluding hydrogens is 226 g/mol. The predicted octanol–water partition coefficient (Wildman–Crippen LogP) is 3.08. The first-order valence-corrected chi connectivity index (χ1v) is 5.29. The molecule has 0 saturated heterocycles. The van der Waals surface area contributed by atoms with E-state index in [1.807, 2.05) is 6.07 Å². The highest BCUT2D eigenvalue weighted by atomic mass is 35.5. The number of methoxy groups -OCH3 is 1. The summed E-state index contributed by atoms with van der Waals surface area (Å²) in [5.74, 6) is -0.282. The van der Waals surface area contributed by atoms with Crippen LogP contribution in [0.1, 0.15) is 23.7 Å². The van der Waals surface area contributed by atoms with Gasteiger partial charge in [0.1, 0.15) is 11.7 Å². The summed E-state index contributed by atoms with van der Waals surface area (Å²) >= 11 is 5.95. The van der Waals surface area contributed by atoms with Crippen molar-refractivity contribution < 1.29 is 9.53 Å². The third-order valence-corrected chi connectivity index (χ3v) is 2.63. The van der Waals surface area contributed by atoms with E-state index >= 15 is 0 Å². The van der Waals surface area contributed by atoms with Crippen molar-refractivity contribution in [1.29, 1.82) is 5.26 Å². The zero-order chi connectivity index (χ0) is 12.1. The normalized spacial score (nSPS) is 11.6. The predicted molar refractivity (Wildman–Crippen MR) is 61.7 cm³/mol. The highest BCUT2D eigenvalue weighted by molar-refractivity contribution is 6.34. The van der Waals surface area contributed by atoms with Crippen molar-refractivity contribution in [2.45, 2.75) is 13.3 Å². The van der Waals surface area contributed by atoms with Crippen LogP contribution in [0.4, 0.5) is 0 Å². The summed E-state index contributed by atoms with van der Waals surface area (Å²) in [5.41, 5.74) is 0.371. The largest absolute Gasteiger partial charge is 0.497 e. The fraction of sp³-hybridized carbons (Fsp3) is 0.333. The second-order valence-corrected chi connectivity index (χ2v) is 3.71. The molecule has 0 aromatic heterocycles. The second kappa shape index (κ2) is 5.53. The average molecular weight is 238 g/mol. The highest BCUT2D eigenvalue weighted by Gasteiger charge is 2.20. The summed E-state index contributed by atoms with van der Waals surface area (Å²) in [6.07, 6.45) is 0.484. The van der Waals surface area contributed by atoms with Gasteiger partial charge in [-0.05, 0) is 24.6 Å². The zero-order valence-electron chi connectivity index (χ0n) is 9.16. The van der Waals surface area contributed by atoms with Crippen molar-refractivity contribution in [3.63, 3.8) is 0 Å². The molecule has 0 aliphatic rings. The monoisotopic (exact) mass is 237 g/mol. The Morgan fingerprint density at radius 1 is 1.62 bits per heavy atom. The molecule has 1 unspecified atom stereocenters. The van der Waals surface area contributed by atoms with Crippen molar-refractivity contribution in [3.05, 3.63) is 28.8 Å². The van der Waals surface area contributed by atoms with Gasteiger partial charge >= 0.3 is 0 Å².